The minimum Gasteiger partial charge on any atom is -0.354 e. The second-order valence-electron chi connectivity index (χ2n) is 6.90. The largest absolute Gasteiger partial charge is 0.354 e. The highest BCUT2D eigenvalue weighted by Gasteiger charge is 2.25. The summed E-state index contributed by atoms with van der Waals surface area (Å²) in [7, 11) is 1.98. The summed E-state index contributed by atoms with van der Waals surface area (Å²) in [4.78, 5) is 24.2. The third-order valence-electron chi connectivity index (χ3n) is 4.86. The Morgan fingerprint density at radius 2 is 2.04 bits per heavy atom. The minimum absolute atomic E-state index is 0.0484. The molecular formula is C20H22N4O2. The van der Waals surface area contributed by atoms with Crippen LogP contribution in [0.3, 0.4) is 0 Å². The molecule has 2 aromatic heterocycles. The molecule has 1 amide bonds. The summed E-state index contributed by atoms with van der Waals surface area (Å²) in [6, 6.07) is 11.4. The van der Waals surface area contributed by atoms with Gasteiger partial charge in [0.2, 0.25) is 5.91 Å². The van der Waals surface area contributed by atoms with Crippen molar-refractivity contribution in [2.45, 2.75) is 31.7 Å². The molecule has 134 valence electrons. The molecule has 0 aliphatic heterocycles. The Morgan fingerprint density at radius 3 is 2.85 bits per heavy atom. The number of nitrogens with one attached hydrogen (secondary N) is 1. The summed E-state index contributed by atoms with van der Waals surface area (Å²) in [5.74, 6) is 0.454. The Balaban J connectivity index is 1.37. The molecule has 0 unspecified atom stereocenters. The van der Waals surface area contributed by atoms with Gasteiger partial charge in [0.05, 0.1) is 18.7 Å². The van der Waals surface area contributed by atoms with Gasteiger partial charge in [0.15, 0.2) is 0 Å². The lowest BCUT2D eigenvalue weighted by molar-refractivity contribution is -0.120. The van der Waals surface area contributed by atoms with E-state index < -0.39 is 0 Å². The van der Waals surface area contributed by atoms with E-state index in [1.807, 2.05) is 48.1 Å². The highest BCUT2D eigenvalue weighted by atomic mass is 16.1. The molecule has 0 spiro atoms. The maximum Gasteiger partial charge on any atom is 0.266 e. The highest BCUT2D eigenvalue weighted by Crippen LogP contribution is 2.38. The van der Waals surface area contributed by atoms with Crippen LogP contribution >= 0.6 is 0 Å². The molecule has 6 heteroatoms. The van der Waals surface area contributed by atoms with Crippen molar-refractivity contribution in [3.63, 3.8) is 0 Å². The first-order chi connectivity index (χ1) is 12.6. The number of amides is 1. The lowest BCUT2D eigenvalue weighted by atomic mass is 10.1. The highest BCUT2D eigenvalue weighted by molar-refractivity contribution is 5.89. The second-order valence-corrected chi connectivity index (χ2v) is 6.90. The zero-order valence-corrected chi connectivity index (χ0v) is 14.8. The molecule has 0 bridgehead atoms. The molecule has 0 saturated heterocycles. The Kier molecular flexibility index (Phi) is 4.32. The number of rotatable bonds is 6. The van der Waals surface area contributed by atoms with Crippen LogP contribution in [0, 0.1) is 0 Å². The van der Waals surface area contributed by atoms with Crippen molar-refractivity contribution in [1.82, 2.24) is 19.7 Å². The van der Waals surface area contributed by atoms with E-state index in [0.29, 0.717) is 25.4 Å². The van der Waals surface area contributed by atoms with Crippen LogP contribution in [0.5, 0.6) is 0 Å². The maximum absolute atomic E-state index is 12.3. The van der Waals surface area contributed by atoms with Crippen LogP contribution in [0.4, 0.5) is 0 Å². The van der Waals surface area contributed by atoms with Gasteiger partial charge >= 0.3 is 0 Å². The number of fused-ring (bicyclic) bond motifs is 1. The van der Waals surface area contributed by atoms with Gasteiger partial charge in [-0.3, -0.25) is 9.59 Å². The molecule has 26 heavy (non-hydrogen) atoms. The lowest BCUT2D eigenvalue weighted by Gasteiger charge is -2.08. The van der Waals surface area contributed by atoms with Gasteiger partial charge in [-0.15, -0.1) is 0 Å². The lowest BCUT2D eigenvalue weighted by Crippen LogP contribution is -2.32. The van der Waals surface area contributed by atoms with Crippen molar-refractivity contribution in [1.29, 1.82) is 0 Å². The number of hydrogen-bond donors (Lipinski definition) is 1. The van der Waals surface area contributed by atoms with Crippen LogP contribution < -0.4 is 10.9 Å². The number of aromatic nitrogens is 3. The van der Waals surface area contributed by atoms with Gasteiger partial charge in [-0.2, -0.15) is 5.10 Å². The van der Waals surface area contributed by atoms with E-state index in [1.165, 1.54) is 4.68 Å². The summed E-state index contributed by atoms with van der Waals surface area (Å²) >= 11 is 0. The molecule has 1 N–H and O–H groups in total. The average Bonchev–Trinajstić information content (AvgIpc) is 3.43. The first-order valence-electron chi connectivity index (χ1n) is 8.99. The van der Waals surface area contributed by atoms with Gasteiger partial charge in [-0.1, -0.05) is 18.2 Å². The molecule has 4 rings (SSSR count). The maximum atomic E-state index is 12.3. The van der Waals surface area contributed by atoms with Gasteiger partial charge in [0, 0.05) is 42.7 Å². The number of benzene rings is 1. The van der Waals surface area contributed by atoms with Gasteiger partial charge < -0.3 is 9.88 Å². The van der Waals surface area contributed by atoms with Crippen molar-refractivity contribution in [2.75, 3.05) is 6.54 Å². The minimum atomic E-state index is -0.127. The molecule has 0 atom stereocenters. The standard InChI is InChI=1S/C20H22N4O2/c1-23-13-15(16-4-2-3-5-18(16)23)12-19(25)21-10-11-24-20(26)9-8-17(22-24)14-6-7-14/h2-5,8-9,13-14H,6-7,10-12H2,1H3,(H,21,25). The number of carbonyl (C=O) groups excluding carboxylic acids is 1. The smallest absolute Gasteiger partial charge is 0.266 e. The summed E-state index contributed by atoms with van der Waals surface area (Å²) in [6.45, 7) is 0.783. The molecule has 1 fully saturated rings. The molecule has 0 radical (unpaired) electrons. The van der Waals surface area contributed by atoms with Crippen molar-refractivity contribution in [3.05, 3.63) is 64.2 Å². The molecule has 1 aliphatic rings. The van der Waals surface area contributed by atoms with Crippen molar-refractivity contribution in [2.24, 2.45) is 7.05 Å². The molecule has 3 aromatic rings. The van der Waals surface area contributed by atoms with Crippen LogP contribution in [0.1, 0.15) is 30.0 Å². The van der Waals surface area contributed by atoms with E-state index in [4.69, 9.17) is 0 Å². The zero-order chi connectivity index (χ0) is 18.1. The van der Waals surface area contributed by atoms with Gasteiger partial charge in [-0.25, -0.2) is 4.68 Å². The Bertz CT molecular complexity index is 1010. The van der Waals surface area contributed by atoms with E-state index >= 15 is 0 Å². The van der Waals surface area contributed by atoms with E-state index in [2.05, 4.69) is 10.4 Å². The van der Waals surface area contributed by atoms with E-state index in [-0.39, 0.29) is 11.5 Å². The Morgan fingerprint density at radius 1 is 1.23 bits per heavy atom. The Hall–Kier alpha value is -2.89. The first-order valence-corrected chi connectivity index (χ1v) is 8.99. The molecule has 1 aromatic carbocycles. The van der Waals surface area contributed by atoms with Gasteiger partial charge in [0.25, 0.3) is 5.56 Å². The number of aryl methyl sites for hydroxylation is 1. The molecule has 2 heterocycles. The topological polar surface area (TPSA) is 68.9 Å². The monoisotopic (exact) mass is 350 g/mol. The Labute approximate surface area is 151 Å². The normalized spacial score (nSPS) is 13.9. The second kappa shape index (κ2) is 6.78. The van der Waals surface area contributed by atoms with Crippen molar-refractivity contribution in [3.8, 4) is 0 Å². The summed E-state index contributed by atoms with van der Waals surface area (Å²) in [5.41, 5.74) is 2.97. The third-order valence-corrected chi connectivity index (χ3v) is 4.86. The van der Waals surface area contributed by atoms with Gasteiger partial charge in [0.1, 0.15) is 0 Å². The molecule has 1 saturated carbocycles. The average molecular weight is 350 g/mol. The zero-order valence-electron chi connectivity index (χ0n) is 14.8. The van der Waals surface area contributed by atoms with E-state index in [9.17, 15) is 9.59 Å². The number of para-hydroxylation sites is 1. The molecule has 6 nitrogen and oxygen atoms in total. The van der Waals surface area contributed by atoms with Crippen LogP contribution in [0.2, 0.25) is 0 Å². The van der Waals surface area contributed by atoms with Crippen LogP contribution in [0.15, 0.2) is 47.4 Å². The van der Waals surface area contributed by atoms with Crippen molar-refractivity contribution < 1.29 is 4.79 Å². The first kappa shape index (κ1) is 16.6. The van der Waals surface area contributed by atoms with Crippen LogP contribution in [-0.4, -0.2) is 26.8 Å². The number of hydrogen-bond acceptors (Lipinski definition) is 3. The SMILES string of the molecule is Cn1cc(CC(=O)NCCn2nc(C3CC3)ccc2=O)c2ccccc21. The number of nitrogens with zero attached hydrogens (tertiary/aromatic N) is 3. The summed E-state index contributed by atoms with van der Waals surface area (Å²) < 4.78 is 3.48. The fraction of sp³-hybridized carbons (Fsp3) is 0.350. The van der Waals surface area contributed by atoms with E-state index in [0.717, 1.165) is 35.0 Å². The fourth-order valence-electron chi connectivity index (χ4n) is 3.32. The molecular weight excluding hydrogens is 328 g/mol. The van der Waals surface area contributed by atoms with Gasteiger partial charge in [-0.05, 0) is 30.5 Å². The van der Waals surface area contributed by atoms with E-state index in [1.54, 1.807) is 6.07 Å². The molecule has 1 aliphatic carbocycles. The number of carbonyl (C=O) groups is 1. The summed E-state index contributed by atoms with van der Waals surface area (Å²) in [6.07, 6.45) is 4.61. The predicted octanol–water partition coefficient (Wildman–Crippen LogP) is 1.97. The fourth-order valence-corrected chi connectivity index (χ4v) is 3.32. The van der Waals surface area contributed by atoms with Crippen LogP contribution in [0.25, 0.3) is 10.9 Å². The van der Waals surface area contributed by atoms with Crippen molar-refractivity contribution >= 4 is 16.8 Å². The third kappa shape index (κ3) is 3.40. The predicted molar refractivity (Wildman–Crippen MR) is 100 cm³/mol. The summed E-state index contributed by atoms with van der Waals surface area (Å²) in [5, 5.41) is 8.40. The quantitative estimate of drug-likeness (QED) is 0.739. The van der Waals surface area contributed by atoms with Crippen LogP contribution in [-0.2, 0) is 24.8 Å².